The molecule has 2 N–H and O–H groups in total. The standard InChI is InChI=1S/C23H17BrCl2N4O3S/c1-13(16-8-6-15(25)12-18(16)26)29-23(31)17-7-5-14(24)11-20(17)30-34(32,33)21-4-2-3-19-22(21)28-10-9-27-19/h2-13,30H,1H3,(H,29,31). The van der Waals surface area contributed by atoms with Crippen LogP contribution >= 0.6 is 39.1 Å². The first-order chi connectivity index (χ1) is 16.2. The number of nitrogens with one attached hydrogen (secondary N) is 2. The summed E-state index contributed by atoms with van der Waals surface area (Å²) in [5, 5.41) is 3.74. The average molecular weight is 580 g/mol. The number of fused-ring (bicyclic) bond motifs is 1. The van der Waals surface area contributed by atoms with Crippen LogP contribution in [0.2, 0.25) is 10.0 Å². The van der Waals surface area contributed by atoms with E-state index in [2.05, 4.69) is 35.9 Å². The van der Waals surface area contributed by atoms with Gasteiger partial charge in [0.1, 0.15) is 10.4 Å². The van der Waals surface area contributed by atoms with Crippen LogP contribution in [0.15, 0.2) is 76.4 Å². The summed E-state index contributed by atoms with van der Waals surface area (Å²) >= 11 is 15.6. The molecular formula is C23H17BrCl2N4O3S. The largest absolute Gasteiger partial charge is 0.345 e. The Balaban J connectivity index is 1.66. The van der Waals surface area contributed by atoms with E-state index in [0.717, 1.165) is 0 Å². The predicted molar refractivity (Wildman–Crippen MR) is 137 cm³/mol. The SMILES string of the molecule is CC(NC(=O)c1ccc(Br)cc1NS(=O)(=O)c1cccc2nccnc12)c1ccc(Cl)cc1Cl. The summed E-state index contributed by atoms with van der Waals surface area (Å²) in [7, 11) is -4.09. The van der Waals surface area contributed by atoms with E-state index in [9.17, 15) is 13.2 Å². The van der Waals surface area contributed by atoms with Crippen LogP contribution in [0.5, 0.6) is 0 Å². The zero-order chi connectivity index (χ0) is 24.5. The van der Waals surface area contributed by atoms with Crippen molar-refractivity contribution in [1.82, 2.24) is 15.3 Å². The number of carbonyl (C=O) groups is 1. The van der Waals surface area contributed by atoms with E-state index in [4.69, 9.17) is 23.2 Å². The molecule has 34 heavy (non-hydrogen) atoms. The molecule has 1 unspecified atom stereocenters. The number of nitrogens with zero attached hydrogens (tertiary/aromatic N) is 2. The van der Waals surface area contributed by atoms with Gasteiger partial charge in [-0.3, -0.25) is 19.5 Å². The van der Waals surface area contributed by atoms with Crippen LogP contribution in [0.3, 0.4) is 0 Å². The summed E-state index contributed by atoms with van der Waals surface area (Å²) in [6.07, 6.45) is 2.90. The lowest BCUT2D eigenvalue weighted by atomic mass is 10.1. The van der Waals surface area contributed by atoms with Gasteiger partial charge in [0, 0.05) is 26.9 Å². The molecule has 0 spiro atoms. The predicted octanol–water partition coefficient (Wildman–Crippen LogP) is 5.99. The Bertz CT molecular complexity index is 1510. The van der Waals surface area contributed by atoms with Gasteiger partial charge >= 0.3 is 0 Å². The number of carbonyl (C=O) groups excluding carboxylic acids is 1. The Kier molecular flexibility index (Phi) is 7.09. The van der Waals surface area contributed by atoms with Gasteiger partial charge in [-0.25, -0.2) is 8.42 Å². The number of anilines is 1. The van der Waals surface area contributed by atoms with Crippen LogP contribution < -0.4 is 10.0 Å². The highest BCUT2D eigenvalue weighted by Gasteiger charge is 2.23. The molecule has 0 fully saturated rings. The molecule has 4 aromatic rings. The summed E-state index contributed by atoms with van der Waals surface area (Å²) in [4.78, 5) is 21.4. The number of sulfonamides is 1. The quantitative estimate of drug-likeness (QED) is 0.292. The van der Waals surface area contributed by atoms with E-state index in [1.54, 1.807) is 43.3 Å². The Hall–Kier alpha value is -2.72. The summed E-state index contributed by atoms with van der Waals surface area (Å²) in [5.41, 5.74) is 1.57. The summed E-state index contributed by atoms with van der Waals surface area (Å²) < 4.78 is 29.6. The van der Waals surface area contributed by atoms with Gasteiger partial charge in [0.15, 0.2) is 0 Å². The van der Waals surface area contributed by atoms with Crippen LogP contribution in [0.1, 0.15) is 28.9 Å². The Morgan fingerprint density at radius 2 is 1.79 bits per heavy atom. The minimum Gasteiger partial charge on any atom is -0.345 e. The fraction of sp³-hybridized carbons (Fsp3) is 0.0870. The van der Waals surface area contributed by atoms with Crippen molar-refractivity contribution in [1.29, 1.82) is 0 Å². The Morgan fingerprint density at radius 3 is 2.56 bits per heavy atom. The molecule has 1 heterocycles. The van der Waals surface area contributed by atoms with E-state index < -0.39 is 22.0 Å². The average Bonchev–Trinajstić information content (AvgIpc) is 2.78. The van der Waals surface area contributed by atoms with Crippen molar-refractivity contribution in [2.45, 2.75) is 17.9 Å². The number of hydrogen-bond acceptors (Lipinski definition) is 5. The number of amides is 1. The molecule has 4 rings (SSSR count). The van der Waals surface area contributed by atoms with Crippen molar-refractivity contribution in [3.63, 3.8) is 0 Å². The van der Waals surface area contributed by atoms with E-state index >= 15 is 0 Å². The number of hydrogen-bond donors (Lipinski definition) is 2. The molecule has 0 saturated carbocycles. The third-order valence-electron chi connectivity index (χ3n) is 5.00. The molecule has 0 radical (unpaired) electrons. The lowest BCUT2D eigenvalue weighted by Gasteiger charge is -2.18. The second-order valence-electron chi connectivity index (χ2n) is 7.34. The molecular weight excluding hydrogens is 563 g/mol. The zero-order valence-corrected chi connectivity index (χ0v) is 21.5. The number of benzene rings is 3. The van der Waals surface area contributed by atoms with Crippen LogP contribution in [-0.2, 0) is 10.0 Å². The van der Waals surface area contributed by atoms with Crippen molar-refractivity contribution in [3.05, 3.63) is 92.6 Å². The fourth-order valence-electron chi connectivity index (χ4n) is 3.39. The van der Waals surface area contributed by atoms with Crippen molar-refractivity contribution in [2.75, 3.05) is 4.72 Å². The van der Waals surface area contributed by atoms with E-state index in [1.165, 1.54) is 30.6 Å². The Morgan fingerprint density at radius 1 is 1.03 bits per heavy atom. The lowest BCUT2D eigenvalue weighted by molar-refractivity contribution is 0.0941. The summed E-state index contributed by atoms with van der Waals surface area (Å²) in [5.74, 6) is -0.485. The van der Waals surface area contributed by atoms with Gasteiger partial charge in [0.2, 0.25) is 0 Å². The topological polar surface area (TPSA) is 101 Å². The van der Waals surface area contributed by atoms with E-state index in [-0.39, 0.29) is 21.7 Å². The first-order valence-electron chi connectivity index (χ1n) is 9.93. The Labute approximate surface area is 214 Å². The highest BCUT2D eigenvalue weighted by Crippen LogP contribution is 2.29. The zero-order valence-electron chi connectivity index (χ0n) is 17.6. The lowest BCUT2D eigenvalue weighted by Crippen LogP contribution is -2.28. The molecule has 11 heteroatoms. The van der Waals surface area contributed by atoms with Gasteiger partial charge in [0.05, 0.1) is 22.8 Å². The van der Waals surface area contributed by atoms with Crippen LogP contribution in [0.25, 0.3) is 11.0 Å². The third kappa shape index (κ3) is 5.17. The first kappa shape index (κ1) is 24.4. The van der Waals surface area contributed by atoms with Gasteiger partial charge in [-0.15, -0.1) is 0 Å². The maximum atomic E-state index is 13.3. The maximum absolute atomic E-state index is 13.3. The second kappa shape index (κ2) is 9.87. The molecule has 0 aliphatic heterocycles. The van der Waals surface area contributed by atoms with Crippen molar-refractivity contribution in [2.24, 2.45) is 0 Å². The molecule has 0 saturated heterocycles. The summed E-state index contributed by atoms with van der Waals surface area (Å²) in [6.45, 7) is 1.77. The van der Waals surface area contributed by atoms with Gasteiger partial charge in [0.25, 0.3) is 15.9 Å². The fourth-order valence-corrected chi connectivity index (χ4v) is 5.56. The van der Waals surface area contributed by atoms with Crippen LogP contribution in [0.4, 0.5) is 5.69 Å². The molecule has 3 aromatic carbocycles. The van der Waals surface area contributed by atoms with Gasteiger partial charge < -0.3 is 5.32 Å². The van der Waals surface area contributed by atoms with E-state index in [0.29, 0.717) is 25.6 Å². The maximum Gasteiger partial charge on any atom is 0.264 e. The van der Waals surface area contributed by atoms with Crippen molar-refractivity contribution >= 4 is 71.8 Å². The van der Waals surface area contributed by atoms with Gasteiger partial charge in [-0.05, 0) is 55.0 Å². The molecule has 0 aliphatic rings. The highest BCUT2D eigenvalue weighted by molar-refractivity contribution is 9.10. The number of aromatic nitrogens is 2. The molecule has 0 aliphatic carbocycles. The van der Waals surface area contributed by atoms with Crippen LogP contribution in [-0.4, -0.2) is 24.3 Å². The first-order valence-corrected chi connectivity index (χ1v) is 13.0. The van der Waals surface area contributed by atoms with Gasteiger partial charge in [-0.1, -0.05) is 51.3 Å². The number of halogens is 3. The number of para-hydroxylation sites is 1. The smallest absolute Gasteiger partial charge is 0.264 e. The number of rotatable bonds is 6. The third-order valence-corrected chi connectivity index (χ3v) is 7.45. The minimum absolute atomic E-state index is 0.0502. The van der Waals surface area contributed by atoms with Crippen molar-refractivity contribution < 1.29 is 13.2 Å². The summed E-state index contributed by atoms with van der Waals surface area (Å²) in [6, 6.07) is 13.9. The second-order valence-corrected chi connectivity index (χ2v) is 10.7. The molecule has 7 nitrogen and oxygen atoms in total. The molecule has 1 atom stereocenters. The van der Waals surface area contributed by atoms with Crippen LogP contribution in [0, 0.1) is 0 Å². The van der Waals surface area contributed by atoms with Gasteiger partial charge in [-0.2, -0.15) is 0 Å². The van der Waals surface area contributed by atoms with E-state index in [1.807, 2.05) is 0 Å². The minimum atomic E-state index is -4.09. The highest BCUT2D eigenvalue weighted by atomic mass is 79.9. The molecule has 1 amide bonds. The molecule has 174 valence electrons. The normalized spacial score (nSPS) is 12.4. The molecule has 1 aromatic heterocycles. The van der Waals surface area contributed by atoms with Crippen molar-refractivity contribution in [3.8, 4) is 0 Å². The molecule has 0 bridgehead atoms. The monoisotopic (exact) mass is 578 g/mol.